The molecule has 2 aromatic rings. The number of carbonyl (C=O) groups excluding carboxylic acids is 1. The van der Waals surface area contributed by atoms with Gasteiger partial charge in [-0.05, 0) is 43.0 Å². The molecule has 1 amide bonds. The van der Waals surface area contributed by atoms with Gasteiger partial charge in [-0.25, -0.2) is 9.78 Å². The number of hydrogen-bond acceptors (Lipinski definition) is 4. The second-order valence-corrected chi connectivity index (χ2v) is 4.59. The second kappa shape index (κ2) is 7.28. The number of rotatable bonds is 6. The predicted octanol–water partition coefficient (Wildman–Crippen LogP) is 2.72. The summed E-state index contributed by atoms with van der Waals surface area (Å²) in [5, 5.41) is 0. The SMILES string of the molecule is COc1ccc(CCCc2cccnc2OC(N)=O)cc1. The maximum atomic E-state index is 10.8. The van der Waals surface area contributed by atoms with Crippen LogP contribution >= 0.6 is 0 Å². The molecule has 1 heterocycles. The largest absolute Gasteiger partial charge is 0.497 e. The fourth-order valence-electron chi connectivity index (χ4n) is 2.08. The number of hydrogen-bond donors (Lipinski definition) is 1. The van der Waals surface area contributed by atoms with Crippen molar-refractivity contribution in [2.75, 3.05) is 7.11 Å². The fourth-order valence-corrected chi connectivity index (χ4v) is 2.08. The first kappa shape index (κ1) is 14.8. The average Bonchev–Trinajstić information content (AvgIpc) is 2.49. The minimum Gasteiger partial charge on any atom is -0.497 e. The Hall–Kier alpha value is -2.56. The summed E-state index contributed by atoms with van der Waals surface area (Å²) in [5.41, 5.74) is 7.14. The summed E-state index contributed by atoms with van der Waals surface area (Å²) in [6, 6.07) is 11.7. The summed E-state index contributed by atoms with van der Waals surface area (Å²) in [4.78, 5) is 14.9. The molecule has 0 radical (unpaired) electrons. The van der Waals surface area contributed by atoms with E-state index < -0.39 is 6.09 Å². The van der Waals surface area contributed by atoms with Gasteiger partial charge in [-0.1, -0.05) is 18.2 Å². The maximum Gasteiger partial charge on any atom is 0.411 e. The molecule has 2 N–H and O–H groups in total. The van der Waals surface area contributed by atoms with Gasteiger partial charge in [0, 0.05) is 11.8 Å². The fraction of sp³-hybridized carbons (Fsp3) is 0.250. The Kier molecular flexibility index (Phi) is 5.15. The number of nitrogens with two attached hydrogens (primary N) is 1. The van der Waals surface area contributed by atoms with Gasteiger partial charge in [-0.3, -0.25) is 0 Å². The van der Waals surface area contributed by atoms with Crippen LogP contribution in [0.2, 0.25) is 0 Å². The quantitative estimate of drug-likeness (QED) is 0.886. The smallest absolute Gasteiger partial charge is 0.411 e. The highest BCUT2D eigenvalue weighted by Crippen LogP contribution is 2.18. The Morgan fingerprint density at radius 1 is 1.19 bits per heavy atom. The zero-order valence-electron chi connectivity index (χ0n) is 11.9. The molecule has 2 rings (SSSR count). The van der Waals surface area contributed by atoms with Gasteiger partial charge in [0.05, 0.1) is 7.11 Å². The molecule has 0 aliphatic carbocycles. The summed E-state index contributed by atoms with van der Waals surface area (Å²) in [6.07, 6.45) is 3.35. The van der Waals surface area contributed by atoms with Crippen molar-refractivity contribution in [2.45, 2.75) is 19.3 Å². The highest BCUT2D eigenvalue weighted by Gasteiger charge is 2.07. The van der Waals surface area contributed by atoms with Crippen molar-refractivity contribution in [1.29, 1.82) is 0 Å². The first-order valence-corrected chi connectivity index (χ1v) is 6.73. The van der Waals surface area contributed by atoms with Crippen molar-refractivity contribution < 1.29 is 14.3 Å². The summed E-state index contributed by atoms with van der Waals surface area (Å²) in [6.45, 7) is 0. The van der Waals surface area contributed by atoms with Crippen LogP contribution in [0.25, 0.3) is 0 Å². The van der Waals surface area contributed by atoms with E-state index in [1.54, 1.807) is 13.3 Å². The topological polar surface area (TPSA) is 74.4 Å². The molecule has 0 saturated heterocycles. The van der Waals surface area contributed by atoms with Crippen molar-refractivity contribution in [3.63, 3.8) is 0 Å². The lowest BCUT2D eigenvalue weighted by molar-refractivity contribution is 0.208. The molecule has 5 heteroatoms. The highest BCUT2D eigenvalue weighted by atomic mass is 16.6. The standard InChI is InChI=1S/C16H18N2O3/c1-20-14-9-7-12(8-10-14)4-2-5-13-6-3-11-18-15(13)21-16(17)19/h3,6-11H,2,4-5H2,1H3,(H2,17,19). The lowest BCUT2D eigenvalue weighted by Gasteiger charge is -2.07. The van der Waals surface area contributed by atoms with Crippen molar-refractivity contribution in [3.05, 3.63) is 53.7 Å². The normalized spacial score (nSPS) is 10.1. The van der Waals surface area contributed by atoms with Gasteiger partial charge in [-0.2, -0.15) is 0 Å². The van der Waals surface area contributed by atoms with E-state index >= 15 is 0 Å². The zero-order chi connectivity index (χ0) is 15.1. The molecular weight excluding hydrogens is 268 g/mol. The van der Waals surface area contributed by atoms with E-state index in [1.807, 2.05) is 36.4 Å². The number of aromatic nitrogens is 1. The molecular formula is C16H18N2O3. The number of amides is 1. The molecule has 21 heavy (non-hydrogen) atoms. The van der Waals surface area contributed by atoms with Crippen molar-refractivity contribution in [1.82, 2.24) is 4.98 Å². The predicted molar refractivity (Wildman–Crippen MR) is 79.5 cm³/mol. The summed E-state index contributed by atoms with van der Waals surface area (Å²) < 4.78 is 10.0. The van der Waals surface area contributed by atoms with Crippen LogP contribution in [0.3, 0.4) is 0 Å². The average molecular weight is 286 g/mol. The van der Waals surface area contributed by atoms with E-state index in [9.17, 15) is 4.79 Å². The second-order valence-electron chi connectivity index (χ2n) is 4.59. The molecule has 0 bridgehead atoms. The van der Waals surface area contributed by atoms with Crippen LogP contribution in [0, 0.1) is 0 Å². The van der Waals surface area contributed by atoms with Crippen LogP contribution in [0.1, 0.15) is 17.5 Å². The van der Waals surface area contributed by atoms with Crippen LogP contribution in [0.15, 0.2) is 42.6 Å². The number of benzene rings is 1. The van der Waals surface area contributed by atoms with Crippen LogP contribution in [-0.4, -0.2) is 18.2 Å². The van der Waals surface area contributed by atoms with E-state index in [-0.39, 0.29) is 0 Å². The molecule has 0 fully saturated rings. The number of pyridine rings is 1. The zero-order valence-corrected chi connectivity index (χ0v) is 11.9. The number of nitrogens with zero attached hydrogens (tertiary/aromatic N) is 1. The molecule has 0 aliphatic heterocycles. The van der Waals surface area contributed by atoms with Gasteiger partial charge >= 0.3 is 6.09 Å². The third-order valence-electron chi connectivity index (χ3n) is 3.12. The summed E-state index contributed by atoms with van der Waals surface area (Å²) in [7, 11) is 1.65. The first-order chi connectivity index (χ1) is 10.2. The van der Waals surface area contributed by atoms with Gasteiger partial charge < -0.3 is 15.2 Å². The third kappa shape index (κ3) is 4.49. The van der Waals surface area contributed by atoms with Crippen molar-refractivity contribution >= 4 is 6.09 Å². The van der Waals surface area contributed by atoms with Gasteiger partial charge in [-0.15, -0.1) is 0 Å². The number of ether oxygens (including phenoxy) is 2. The van der Waals surface area contributed by atoms with Crippen molar-refractivity contribution in [2.24, 2.45) is 5.73 Å². The highest BCUT2D eigenvalue weighted by molar-refractivity contribution is 5.67. The Bertz CT molecular complexity index is 597. The Balaban J connectivity index is 1.92. The van der Waals surface area contributed by atoms with Gasteiger partial charge in [0.25, 0.3) is 0 Å². The number of aryl methyl sites for hydroxylation is 2. The Morgan fingerprint density at radius 2 is 1.95 bits per heavy atom. The molecule has 110 valence electrons. The number of carbonyl (C=O) groups is 1. The lowest BCUT2D eigenvalue weighted by atomic mass is 10.0. The van der Waals surface area contributed by atoms with Crippen LogP contribution in [-0.2, 0) is 12.8 Å². The van der Waals surface area contributed by atoms with Crippen LogP contribution in [0.4, 0.5) is 4.79 Å². The number of primary amides is 1. The molecule has 0 spiro atoms. The summed E-state index contributed by atoms with van der Waals surface area (Å²) in [5.74, 6) is 1.14. The minimum absolute atomic E-state index is 0.291. The van der Waals surface area contributed by atoms with E-state index in [2.05, 4.69) is 4.98 Å². The molecule has 0 saturated carbocycles. The Labute approximate surface area is 123 Å². The van der Waals surface area contributed by atoms with E-state index in [1.165, 1.54) is 5.56 Å². The minimum atomic E-state index is -0.842. The monoisotopic (exact) mass is 286 g/mol. The van der Waals surface area contributed by atoms with E-state index in [0.29, 0.717) is 5.88 Å². The van der Waals surface area contributed by atoms with Crippen LogP contribution < -0.4 is 15.2 Å². The molecule has 0 atom stereocenters. The maximum absolute atomic E-state index is 10.8. The molecule has 5 nitrogen and oxygen atoms in total. The molecule has 1 aromatic heterocycles. The van der Waals surface area contributed by atoms with Crippen LogP contribution in [0.5, 0.6) is 11.6 Å². The molecule has 0 aliphatic rings. The third-order valence-corrected chi connectivity index (χ3v) is 3.12. The van der Waals surface area contributed by atoms with E-state index in [4.69, 9.17) is 15.2 Å². The van der Waals surface area contributed by atoms with Crippen molar-refractivity contribution in [3.8, 4) is 11.6 Å². The molecule has 1 aromatic carbocycles. The Morgan fingerprint density at radius 3 is 2.62 bits per heavy atom. The molecule has 0 unspecified atom stereocenters. The lowest BCUT2D eigenvalue weighted by Crippen LogP contribution is -2.17. The van der Waals surface area contributed by atoms with Gasteiger partial charge in [0.1, 0.15) is 5.75 Å². The first-order valence-electron chi connectivity index (χ1n) is 6.73. The number of methoxy groups -OCH3 is 1. The van der Waals surface area contributed by atoms with E-state index in [0.717, 1.165) is 30.6 Å². The summed E-state index contributed by atoms with van der Waals surface area (Å²) >= 11 is 0. The van der Waals surface area contributed by atoms with Gasteiger partial charge in [0.2, 0.25) is 5.88 Å². The van der Waals surface area contributed by atoms with Gasteiger partial charge in [0.15, 0.2) is 0 Å².